The van der Waals surface area contributed by atoms with E-state index < -0.39 is 0 Å². The topological polar surface area (TPSA) is 12.9 Å². The van der Waals surface area contributed by atoms with Gasteiger partial charge in [0.2, 0.25) is 0 Å². The van der Waals surface area contributed by atoms with E-state index >= 15 is 0 Å². The van der Waals surface area contributed by atoms with Crippen LogP contribution in [0.3, 0.4) is 0 Å². The van der Waals surface area contributed by atoms with Gasteiger partial charge in [-0.15, -0.1) is 0 Å². The third-order valence-corrected chi connectivity index (χ3v) is 4.72. The summed E-state index contributed by atoms with van der Waals surface area (Å²) in [5.74, 6) is 0. The van der Waals surface area contributed by atoms with Crippen molar-refractivity contribution in [1.29, 1.82) is 0 Å². The van der Waals surface area contributed by atoms with Crippen LogP contribution < -0.4 is 0 Å². The fourth-order valence-electron chi connectivity index (χ4n) is 3.64. The highest BCUT2D eigenvalue weighted by molar-refractivity contribution is 6.25. The van der Waals surface area contributed by atoms with Gasteiger partial charge in [0.05, 0.1) is 5.69 Å². The Kier molecular flexibility index (Phi) is 2.48. The van der Waals surface area contributed by atoms with E-state index in [1.54, 1.807) is 0 Å². The minimum atomic E-state index is 1.04. The molecule has 0 saturated heterocycles. The highest BCUT2D eigenvalue weighted by Gasteiger charge is 2.12. The van der Waals surface area contributed by atoms with E-state index in [1.165, 1.54) is 43.4 Å². The van der Waals surface area contributed by atoms with Gasteiger partial charge in [0, 0.05) is 11.8 Å². The second-order valence-corrected chi connectivity index (χ2v) is 6.19. The van der Waals surface area contributed by atoms with Gasteiger partial charge in [-0.3, -0.25) is 4.98 Å². The second-order valence-electron chi connectivity index (χ2n) is 6.19. The van der Waals surface area contributed by atoms with Crippen LogP contribution in [0.15, 0.2) is 72.9 Å². The first-order valence-electron chi connectivity index (χ1n) is 7.91. The Hall–Kier alpha value is -2.93. The summed E-state index contributed by atoms with van der Waals surface area (Å²) in [6, 6.07) is 24.0. The lowest BCUT2D eigenvalue weighted by Crippen LogP contribution is -1.89. The molecule has 0 unspecified atom stereocenters. The number of rotatable bonds is 1. The van der Waals surface area contributed by atoms with Crippen molar-refractivity contribution in [3.63, 3.8) is 0 Å². The van der Waals surface area contributed by atoms with Crippen LogP contribution in [0.1, 0.15) is 5.56 Å². The number of hydrogen-bond acceptors (Lipinski definition) is 1. The molecule has 5 rings (SSSR count). The fraction of sp³-hybridized carbons (Fsp3) is 0.0455. The molecule has 23 heavy (non-hydrogen) atoms. The average Bonchev–Trinajstić information content (AvgIpc) is 2.59. The average molecular weight is 293 g/mol. The molecule has 0 fully saturated rings. The molecule has 0 amide bonds. The number of benzene rings is 4. The van der Waals surface area contributed by atoms with E-state index in [1.807, 2.05) is 12.3 Å². The van der Waals surface area contributed by atoms with Crippen molar-refractivity contribution in [3.8, 4) is 11.3 Å². The van der Waals surface area contributed by atoms with E-state index in [0.29, 0.717) is 0 Å². The summed E-state index contributed by atoms with van der Waals surface area (Å²) >= 11 is 0. The molecule has 4 aromatic carbocycles. The molecule has 1 aromatic heterocycles. The van der Waals surface area contributed by atoms with Crippen LogP contribution in [-0.4, -0.2) is 4.98 Å². The number of aromatic nitrogens is 1. The van der Waals surface area contributed by atoms with Crippen LogP contribution in [0.2, 0.25) is 0 Å². The SMILES string of the molecule is Cc1ccnc(-c2ccc3ccc4cccc5ccc2c3c45)c1. The normalized spacial score (nSPS) is 11.7. The van der Waals surface area contributed by atoms with E-state index in [-0.39, 0.29) is 0 Å². The maximum atomic E-state index is 4.59. The summed E-state index contributed by atoms with van der Waals surface area (Å²) < 4.78 is 0. The van der Waals surface area contributed by atoms with Gasteiger partial charge in [0.15, 0.2) is 0 Å². The molecule has 5 aromatic rings. The van der Waals surface area contributed by atoms with Gasteiger partial charge in [-0.1, -0.05) is 54.6 Å². The molecule has 1 heteroatoms. The molecule has 0 saturated carbocycles. The van der Waals surface area contributed by atoms with Gasteiger partial charge in [0.25, 0.3) is 0 Å². The van der Waals surface area contributed by atoms with Gasteiger partial charge in [-0.2, -0.15) is 0 Å². The van der Waals surface area contributed by atoms with Crippen molar-refractivity contribution in [2.24, 2.45) is 0 Å². The summed E-state index contributed by atoms with van der Waals surface area (Å²) in [5.41, 5.74) is 3.49. The van der Waals surface area contributed by atoms with Gasteiger partial charge >= 0.3 is 0 Å². The number of pyridine rings is 1. The third kappa shape index (κ3) is 1.77. The first kappa shape index (κ1) is 12.6. The molecule has 0 bridgehead atoms. The van der Waals surface area contributed by atoms with E-state index in [4.69, 9.17) is 0 Å². The Morgan fingerprint density at radius 3 is 2.17 bits per heavy atom. The molecule has 0 radical (unpaired) electrons. The van der Waals surface area contributed by atoms with Gasteiger partial charge in [-0.05, 0) is 56.9 Å². The lowest BCUT2D eigenvalue weighted by molar-refractivity contribution is 1.29. The van der Waals surface area contributed by atoms with Crippen LogP contribution in [0.25, 0.3) is 43.6 Å². The smallest absolute Gasteiger partial charge is 0.0710 e. The van der Waals surface area contributed by atoms with Crippen molar-refractivity contribution >= 4 is 32.3 Å². The van der Waals surface area contributed by atoms with Crippen molar-refractivity contribution in [1.82, 2.24) is 4.98 Å². The second kappa shape index (κ2) is 4.53. The number of hydrogen-bond donors (Lipinski definition) is 0. The quantitative estimate of drug-likeness (QED) is 0.348. The maximum absolute atomic E-state index is 4.59. The molecule has 0 aliphatic heterocycles. The van der Waals surface area contributed by atoms with Crippen molar-refractivity contribution < 1.29 is 0 Å². The Morgan fingerprint density at radius 2 is 1.39 bits per heavy atom. The van der Waals surface area contributed by atoms with Crippen LogP contribution >= 0.6 is 0 Å². The molecule has 0 aliphatic rings. The minimum Gasteiger partial charge on any atom is -0.256 e. The molecule has 0 atom stereocenters. The van der Waals surface area contributed by atoms with Crippen LogP contribution in [-0.2, 0) is 0 Å². The molecule has 0 spiro atoms. The van der Waals surface area contributed by atoms with Crippen molar-refractivity contribution in [2.45, 2.75) is 6.92 Å². The summed E-state index contributed by atoms with van der Waals surface area (Å²) in [4.78, 5) is 4.59. The lowest BCUT2D eigenvalue weighted by Gasteiger charge is -2.13. The van der Waals surface area contributed by atoms with Crippen LogP contribution in [0, 0.1) is 6.92 Å². The fourth-order valence-corrected chi connectivity index (χ4v) is 3.64. The standard InChI is InChI=1S/C22H15N/c1-14-11-12-23-20(13-14)18-9-7-17-6-5-15-3-2-4-16-8-10-19(18)22(17)21(15)16/h2-13H,1H3. The number of nitrogens with zero attached hydrogens (tertiary/aromatic N) is 1. The number of aryl methyl sites for hydroxylation is 1. The van der Waals surface area contributed by atoms with Gasteiger partial charge < -0.3 is 0 Å². The van der Waals surface area contributed by atoms with Crippen LogP contribution in [0.5, 0.6) is 0 Å². The molecule has 0 N–H and O–H groups in total. The van der Waals surface area contributed by atoms with Gasteiger partial charge in [0.1, 0.15) is 0 Å². The Bertz CT molecular complexity index is 1150. The van der Waals surface area contributed by atoms with Gasteiger partial charge in [-0.25, -0.2) is 0 Å². The summed E-state index contributed by atoms with van der Waals surface area (Å²) in [7, 11) is 0. The summed E-state index contributed by atoms with van der Waals surface area (Å²) in [6.07, 6.45) is 1.89. The zero-order valence-corrected chi connectivity index (χ0v) is 12.9. The first-order chi connectivity index (χ1) is 11.3. The van der Waals surface area contributed by atoms with Crippen molar-refractivity contribution in [2.75, 3.05) is 0 Å². The maximum Gasteiger partial charge on any atom is 0.0710 e. The lowest BCUT2D eigenvalue weighted by atomic mass is 9.91. The highest BCUT2D eigenvalue weighted by Crippen LogP contribution is 2.38. The Labute approximate surface area is 134 Å². The molecular formula is C22H15N. The first-order valence-corrected chi connectivity index (χ1v) is 7.91. The van der Waals surface area contributed by atoms with Crippen molar-refractivity contribution in [3.05, 3.63) is 78.5 Å². The summed E-state index contributed by atoms with van der Waals surface area (Å²) in [6.45, 7) is 2.11. The molecule has 1 nitrogen and oxygen atoms in total. The third-order valence-electron chi connectivity index (χ3n) is 4.72. The minimum absolute atomic E-state index is 1.04. The summed E-state index contributed by atoms with van der Waals surface area (Å²) in [5, 5.41) is 7.88. The van der Waals surface area contributed by atoms with E-state index in [0.717, 1.165) is 5.69 Å². The zero-order valence-electron chi connectivity index (χ0n) is 12.9. The molecule has 0 aliphatic carbocycles. The predicted molar refractivity (Wildman–Crippen MR) is 98.1 cm³/mol. The van der Waals surface area contributed by atoms with E-state index in [2.05, 4.69) is 72.6 Å². The Balaban J connectivity index is 1.99. The Morgan fingerprint density at radius 1 is 0.696 bits per heavy atom. The monoisotopic (exact) mass is 293 g/mol. The highest BCUT2D eigenvalue weighted by atomic mass is 14.7. The van der Waals surface area contributed by atoms with Crippen LogP contribution in [0.4, 0.5) is 0 Å². The molecule has 108 valence electrons. The molecule has 1 heterocycles. The largest absolute Gasteiger partial charge is 0.256 e. The predicted octanol–water partition coefficient (Wildman–Crippen LogP) is 5.95. The van der Waals surface area contributed by atoms with E-state index in [9.17, 15) is 0 Å². The molecular weight excluding hydrogens is 278 g/mol. The zero-order chi connectivity index (χ0) is 15.4.